The van der Waals surface area contributed by atoms with Crippen molar-refractivity contribution in [3.63, 3.8) is 0 Å². The Morgan fingerprint density at radius 3 is 2.25 bits per heavy atom. The van der Waals surface area contributed by atoms with E-state index in [4.69, 9.17) is 4.74 Å². The molecule has 0 aliphatic carbocycles. The lowest BCUT2D eigenvalue weighted by Crippen LogP contribution is -2.47. The molecule has 0 bridgehead atoms. The molecule has 0 saturated carbocycles. The first-order chi connectivity index (χ1) is 11.5. The van der Waals surface area contributed by atoms with Gasteiger partial charge in [0.1, 0.15) is 0 Å². The van der Waals surface area contributed by atoms with E-state index < -0.39 is 8.07 Å². The van der Waals surface area contributed by atoms with Gasteiger partial charge < -0.3 is 9.84 Å². The SMILES string of the molecule is C[Si](C)(C[C@@H]1C[C@H](O)[C@H](Cc2ccccc2)CO1)c1ccccc1. The van der Waals surface area contributed by atoms with Crippen molar-refractivity contribution in [2.24, 2.45) is 5.92 Å². The van der Waals surface area contributed by atoms with Gasteiger partial charge in [-0.05, 0) is 24.4 Å². The summed E-state index contributed by atoms with van der Waals surface area (Å²) in [5.74, 6) is 0.213. The van der Waals surface area contributed by atoms with E-state index in [1.165, 1.54) is 10.8 Å². The van der Waals surface area contributed by atoms with Crippen molar-refractivity contribution in [1.82, 2.24) is 0 Å². The molecule has 1 saturated heterocycles. The molecule has 0 radical (unpaired) electrons. The third kappa shape index (κ3) is 4.35. The summed E-state index contributed by atoms with van der Waals surface area (Å²) < 4.78 is 6.17. The number of hydrogen-bond acceptors (Lipinski definition) is 2. The van der Waals surface area contributed by atoms with Crippen LogP contribution in [0.2, 0.25) is 19.1 Å². The molecule has 1 aliphatic rings. The smallest absolute Gasteiger partial charge is 0.0831 e. The van der Waals surface area contributed by atoms with Crippen molar-refractivity contribution in [1.29, 1.82) is 0 Å². The Hall–Kier alpha value is -1.42. The molecule has 0 amide bonds. The summed E-state index contributed by atoms with van der Waals surface area (Å²) in [6.45, 7) is 5.46. The van der Waals surface area contributed by atoms with Crippen LogP contribution in [0.25, 0.3) is 0 Å². The number of rotatable bonds is 5. The summed E-state index contributed by atoms with van der Waals surface area (Å²) in [6.07, 6.45) is 1.59. The van der Waals surface area contributed by atoms with E-state index in [1.807, 2.05) is 6.07 Å². The molecule has 24 heavy (non-hydrogen) atoms. The van der Waals surface area contributed by atoms with Gasteiger partial charge in [-0.2, -0.15) is 0 Å². The fraction of sp³-hybridized carbons (Fsp3) is 0.429. The average Bonchev–Trinajstić information content (AvgIpc) is 2.59. The van der Waals surface area contributed by atoms with Crippen molar-refractivity contribution in [3.05, 3.63) is 66.2 Å². The zero-order chi connectivity index (χ0) is 17.0. The highest BCUT2D eigenvalue weighted by atomic mass is 28.3. The molecule has 2 nitrogen and oxygen atoms in total. The van der Waals surface area contributed by atoms with Gasteiger partial charge in [0.15, 0.2) is 0 Å². The van der Waals surface area contributed by atoms with Crippen LogP contribution >= 0.6 is 0 Å². The highest BCUT2D eigenvalue weighted by Gasteiger charge is 2.34. The molecule has 3 heteroatoms. The van der Waals surface area contributed by atoms with Gasteiger partial charge in [-0.1, -0.05) is 78.9 Å². The Morgan fingerprint density at radius 2 is 1.62 bits per heavy atom. The summed E-state index contributed by atoms with van der Waals surface area (Å²) in [5.41, 5.74) is 1.28. The topological polar surface area (TPSA) is 29.5 Å². The normalized spacial score (nSPS) is 24.7. The van der Waals surface area contributed by atoms with Gasteiger partial charge in [0.05, 0.1) is 26.9 Å². The molecular weight excluding hydrogens is 312 g/mol. The quantitative estimate of drug-likeness (QED) is 0.843. The maximum Gasteiger partial charge on any atom is 0.0831 e. The van der Waals surface area contributed by atoms with Crippen LogP contribution < -0.4 is 5.19 Å². The molecule has 1 fully saturated rings. The van der Waals surface area contributed by atoms with E-state index in [1.54, 1.807) is 0 Å². The summed E-state index contributed by atoms with van der Waals surface area (Å²) in [6, 6.07) is 22.3. The predicted molar refractivity (Wildman–Crippen MR) is 102 cm³/mol. The monoisotopic (exact) mass is 340 g/mol. The fourth-order valence-electron chi connectivity index (χ4n) is 3.73. The second-order valence-corrected chi connectivity index (χ2v) is 12.4. The lowest BCUT2D eigenvalue weighted by atomic mass is 9.89. The van der Waals surface area contributed by atoms with Gasteiger partial charge >= 0.3 is 0 Å². The molecule has 1 aliphatic heterocycles. The molecule has 128 valence electrons. The number of ether oxygens (including phenoxy) is 1. The predicted octanol–water partition coefficient (Wildman–Crippen LogP) is 3.61. The molecule has 3 rings (SSSR count). The van der Waals surface area contributed by atoms with E-state index in [0.29, 0.717) is 6.61 Å². The zero-order valence-corrected chi connectivity index (χ0v) is 15.7. The highest BCUT2D eigenvalue weighted by molar-refractivity contribution is 6.89. The number of aliphatic hydroxyl groups excluding tert-OH is 1. The Bertz CT molecular complexity index is 627. The second kappa shape index (κ2) is 7.64. The van der Waals surface area contributed by atoms with Crippen molar-refractivity contribution in [2.45, 2.75) is 44.2 Å². The fourth-order valence-corrected chi connectivity index (χ4v) is 6.48. The van der Waals surface area contributed by atoms with Crippen LogP contribution in [-0.2, 0) is 11.2 Å². The first-order valence-corrected chi connectivity index (χ1v) is 12.1. The van der Waals surface area contributed by atoms with Crippen molar-refractivity contribution in [2.75, 3.05) is 6.61 Å². The van der Waals surface area contributed by atoms with Gasteiger partial charge in [-0.25, -0.2) is 0 Å². The molecule has 0 aromatic heterocycles. The standard InChI is InChI=1S/C21H28O2Si/c1-24(2,20-11-7-4-8-12-20)16-19-14-21(22)18(15-23-19)13-17-9-5-3-6-10-17/h3-12,18-19,21-22H,13-16H2,1-2H3/t18-,19+,21+/m1/s1. The maximum atomic E-state index is 10.6. The van der Waals surface area contributed by atoms with E-state index in [0.717, 1.165) is 18.9 Å². The minimum atomic E-state index is -1.53. The van der Waals surface area contributed by atoms with Crippen LogP contribution in [0.4, 0.5) is 0 Å². The molecular formula is C21H28O2Si. The molecule has 2 aromatic rings. The van der Waals surface area contributed by atoms with Crippen molar-refractivity contribution in [3.8, 4) is 0 Å². The molecule has 3 atom stereocenters. The Morgan fingerprint density at radius 1 is 1.00 bits per heavy atom. The van der Waals surface area contributed by atoms with Crippen LogP contribution in [0.15, 0.2) is 60.7 Å². The van der Waals surface area contributed by atoms with E-state index in [2.05, 4.69) is 67.7 Å². The van der Waals surface area contributed by atoms with Crippen LogP contribution in [0, 0.1) is 5.92 Å². The first kappa shape index (κ1) is 17.4. The van der Waals surface area contributed by atoms with Crippen molar-refractivity contribution < 1.29 is 9.84 Å². The minimum Gasteiger partial charge on any atom is -0.393 e. The highest BCUT2D eigenvalue weighted by Crippen LogP contribution is 2.28. The lowest BCUT2D eigenvalue weighted by molar-refractivity contribution is -0.0754. The number of benzene rings is 2. The molecule has 2 aromatic carbocycles. The van der Waals surface area contributed by atoms with Gasteiger partial charge in [0.2, 0.25) is 0 Å². The Kier molecular flexibility index (Phi) is 5.54. The first-order valence-electron chi connectivity index (χ1n) is 8.94. The maximum absolute atomic E-state index is 10.6. The lowest BCUT2D eigenvalue weighted by Gasteiger charge is -2.37. The van der Waals surface area contributed by atoms with Crippen LogP contribution in [-0.4, -0.2) is 32.0 Å². The number of hydrogen-bond donors (Lipinski definition) is 1. The number of aliphatic hydroxyl groups is 1. The van der Waals surface area contributed by atoms with Gasteiger partial charge in [-0.15, -0.1) is 0 Å². The minimum absolute atomic E-state index is 0.189. The van der Waals surface area contributed by atoms with Crippen LogP contribution in [0.1, 0.15) is 12.0 Å². The molecule has 1 N–H and O–H groups in total. The van der Waals surface area contributed by atoms with Gasteiger partial charge in [-0.3, -0.25) is 0 Å². The van der Waals surface area contributed by atoms with Crippen LogP contribution in [0.5, 0.6) is 0 Å². The van der Waals surface area contributed by atoms with Crippen molar-refractivity contribution >= 4 is 13.3 Å². The molecule has 1 heterocycles. The summed E-state index contributed by atoms with van der Waals surface area (Å²) >= 11 is 0. The van der Waals surface area contributed by atoms with Gasteiger partial charge in [0, 0.05) is 5.92 Å². The summed E-state index contributed by atoms with van der Waals surface area (Å²) in [4.78, 5) is 0. The van der Waals surface area contributed by atoms with Crippen LogP contribution in [0.3, 0.4) is 0 Å². The summed E-state index contributed by atoms with van der Waals surface area (Å²) in [5, 5.41) is 12.1. The largest absolute Gasteiger partial charge is 0.393 e. The van der Waals surface area contributed by atoms with Gasteiger partial charge in [0.25, 0.3) is 0 Å². The Balaban J connectivity index is 1.57. The third-order valence-electron chi connectivity index (χ3n) is 5.23. The zero-order valence-electron chi connectivity index (χ0n) is 14.7. The Labute approximate surface area is 146 Å². The van der Waals surface area contributed by atoms with E-state index in [9.17, 15) is 5.11 Å². The molecule has 0 unspecified atom stereocenters. The third-order valence-corrected chi connectivity index (χ3v) is 8.60. The molecule has 0 spiro atoms. The van der Waals surface area contributed by atoms with E-state index >= 15 is 0 Å². The van der Waals surface area contributed by atoms with E-state index in [-0.39, 0.29) is 18.1 Å². The second-order valence-electron chi connectivity index (χ2n) is 7.66. The average molecular weight is 341 g/mol. The summed E-state index contributed by atoms with van der Waals surface area (Å²) in [7, 11) is -1.53.